The lowest BCUT2D eigenvalue weighted by molar-refractivity contribution is -0.142. The molecule has 0 aromatic heterocycles. The van der Waals surface area contributed by atoms with Crippen molar-refractivity contribution in [1.29, 1.82) is 0 Å². The van der Waals surface area contributed by atoms with Crippen LogP contribution in [0.3, 0.4) is 0 Å². The number of hydrogen-bond donors (Lipinski definition) is 0. The molecule has 19 heavy (non-hydrogen) atoms. The summed E-state index contributed by atoms with van der Waals surface area (Å²) >= 11 is 0. The number of hydrogen-bond acceptors (Lipinski definition) is 3. The lowest BCUT2D eigenvalue weighted by Gasteiger charge is -2.08. The van der Waals surface area contributed by atoms with E-state index >= 15 is 0 Å². The predicted molar refractivity (Wildman–Crippen MR) is 78.0 cm³/mol. The number of esters is 1. The molecule has 0 aliphatic carbocycles. The first kappa shape index (κ1) is 18.1. The molecule has 1 unspecified atom stereocenters. The Bertz CT molecular complexity index is 226. The third kappa shape index (κ3) is 11.9. The standard InChI is InChI=1S/C16H30O3/c1-3-4-5-6-7-8-9-10-11-12-15(14-17)13-16(18)19-2/h14-15H,3-13H2,1-2H3. The fraction of sp³-hybridized carbons (Fsp3) is 0.875. The van der Waals surface area contributed by atoms with Crippen molar-refractivity contribution in [3.05, 3.63) is 0 Å². The smallest absolute Gasteiger partial charge is 0.306 e. The van der Waals surface area contributed by atoms with E-state index in [1.807, 2.05) is 0 Å². The summed E-state index contributed by atoms with van der Waals surface area (Å²) in [6.07, 6.45) is 13.4. The average Bonchev–Trinajstić information content (AvgIpc) is 2.43. The molecule has 0 aliphatic heterocycles. The van der Waals surface area contributed by atoms with Crippen molar-refractivity contribution in [3.8, 4) is 0 Å². The van der Waals surface area contributed by atoms with Crippen LogP contribution in [0.2, 0.25) is 0 Å². The Morgan fingerprint density at radius 2 is 1.53 bits per heavy atom. The Kier molecular flexibility index (Phi) is 13.0. The Balaban J connectivity index is 3.36. The van der Waals surface area contributed by atoms with Gasteiger partial charge in [0.15, 0.2) is 0 Å². The molecule has 0 rings (SSSR count). The van der Waals surface area contributed by atoms with Gasteiger partial charge >= 0.3 is 5.97 Å². The molecule has 0 aliphatic rings. The monoisotopic (exact) mass is 270 g/mol. The normalized spacial score (nSPS) is 12.1. The molecule has 0 bridgehead atoms. The zero-order valence-electron chi connectivity index (χ0n) is 12.7. The molecule has 0 saturated carbocycles. The van der Waals surface area contributed by atoms with Gasteiger partial charge in [-0.15, -0.1) is 0 Å². The van der Waals surface area contributed by atoms with Crippen LogP contribution in [0.25, 0.3) is 0 Å². The van der Waals surface area contributed by atoms with E-state index in [-0.39, 0.29) is 18.3 Å². The van der Waals surface area contributed by atoms with Crippen LogP contribution in [0, 0.1) is 5.92 Å². The molecule has 3 nitrogen and oxygen atoms in total. The van der Waals surface area contributed by atoms with Gasteiger partial charge in [-0.05, 0) is 6.42 Å². The second kappa shape index (κ2) is 13.6. The summed E-state index contributed by atoms with van der Waals surface area (Å²) in [5.41, 5.74) is 0. The number of carbonyl (C=O) groups excluding carboxylic acids is 2. The van der Waals surface area contributed by atoms with Crippen LogP contribution < -0.4 is 0 Å². The van der Waals surface area contributed by atoms with Gasteiger partial charge in [-0.3, -0.25) is 4.79 Å². The number of rotatable bonds is 13. The first-order valence-electron chi connectivity index (χ1n) is 7.76. The average molecular weight is 270 g/mol. The van der Waals surface area contributed by atoms with Gasteiger partial charge in [-0.2, -0.15) is 0 Å². The lowest BCUT2D eigenvalue weighted by atomic mass is 9.98. The van der Waals surface area contributed by atoms with Crippen LogP contribution in [0.15, 0.2) is 0 Å². The number of aldehydes is 1. The molecule has 0 fully saturated rings. The molecule has 0 saturated heterocycles. The zero-order chi connectivity index (χ0) is 14.3. The zero-order valence-corrected chi connectivity index (χ0v) is 12.7. The molecular weight excluding hydrogens is 240 g/mol. The Labute approximate surface area is 118 Å². The van der Waals surface area contributed by atoms with E-state index in [1.165, 1.54) is 58.5 Å². The molecule has 0 aromatic rings. The van der Waals surface area contributed by atoms with E-state index in [0.29, 0.717) is 0 Å². The summed E-state index contributed by atoms with van der Waals surface area (Å²) in [6, 6.07) is 0. The maximum atomic E-state index is 11.1. The van der Waals surface area contributed by atoms with Gasteiger partial charge in [0.1, 0.15) is 6.29 Å². The maximum absolute atomic E-state index is 11.1. The van der Waals surface area contributed by atoms with E-state index in [1.54, 1.807) is 0 Å². The molecule has 0 spiro atoms. The Morgan fingerprint density at radius 1 is 1.00 bits per heavy atom. The van der Waals surface area contributed by atoms with Crippen molar-refractivity contribution in [2.75, 3.05) is 7.11 Å². The van der Waals surface area contributed by atoms with Gasteiger partial charge in [-0.25, -0.2) is 0 Å². The van der Waals surface area contributed by atoms with Crippen LogP contribution in [-0.4, -0.2) is 19.4 Å². The van der Waals surface area contributed by atoms with Crippen molar-refractivity contribution < 1.29 is 14.3 Å². The summed E-state index contributed by atoms with van der Waals surface area (Å²) in [5.74, 6) is -0.440. The number of ether oxygens (including phenoxy) is 1. The molecule has 3 heteroatoms. The van der Waals surface area contributed by atoms with Crippen LogP contribution in [0.4, 0.5) is 0 Å². The second-order valence-corrected chi connectivity index (χ2v) is 5.29. The SMILES string of the molecule is CCCCCCCCCCCC(C=O)CC(=O)OC. The molecule has 0 amide bonds. The van der Waals surface area contributed by atoms with Crippen LogP contribution in [0.1, 0.15) is 77.6 Å². The molecule has 0 aromatic carbocycles. The van der Waals surface area contributed by atoms with Gasteiger partial charge < -0.3 is 9.53 Å². The van der Waals surface area contributed by atoms with Crippen molar-refractivity contribution in [3.63, 3.8) is 0 Å². The van der Waals surface area contributed by atoms with E-state index in [4.69, 9.17) is 0 Å². The molecule has 0 N–H and O–H groups in total. The van der Waals surface area contributed by atoms with Crippen molar-refractivity contribution in [2.24, 2.45) is 5.92 Å². The molecule has 0 heterocycles. The molecule has 1 atom stereocenters. The fourth-order valence-electron chi connectivity index (χ4n) is 2.23. The van der Waals surface area contributed by atoms with E-state index in [2.05, 4.69) is 11.7 Å². The van der Waals surface area contributed by atoms with Crippen molar-refractivity contribution >= 4 is 12.3 Å². The summed E-state index contributed by atoms with van der Waals surface area (Å²) in [6.45, 7) is 2.23. The number of carbonyl (C=O) groups is 2. The first-order chi connectivity index (χ1) is 9.24. The first-order valence-corrected chi connectivity index (χ1v) is 7.76. The number of unbranched alkanes of at least 4 members (excludes halogenated alkanes) is 8. The van der Waals surface area contributed by atoms with Gasteiger partial charge in [0.05, 0.1) is 13.5 Å². The minimum absolute atomic E-state index is 0.156. The van der Waals surface area contributed by atoms with Gasteiger partial charge in [0.2, 0.25) is 0 Å². The summed E-state index contributed by atoms with van der Waals surface area (Å²) in [5, 5.41) is 0. The van der Waals surface area contributed by atoms with E-state index in [0.717, 1.165) is 19.1 Å². The highest BCUT2D eigenvalue weighted by Crippen LogP contribution is 2.15. The minimum atomic E-state index is -0.284. The topological polar surface area (TPSA) is 43.4 Å². The molecule has 112 valence electrons. The molecule has 0 radical (unpaired) electrons. The largest absolute Gasteiger partial charge is 0.469 e. The number of methoxy groups -OCH3 is 1. The van der Waals surface area contributed by atoms with Gasteiger partial charge in [0, 0.05) is 5.92 Å². The maximum Gasteiger partial charge on any atom is 0.306 e. The fourth-order valence-corrected chi connectivity index (χ4v) is 2.23. The quantitative estimate of drug-likeness (QED) is 0.285. The Hall–Kier alpha value is -0.860. The minimum Gasteiger partial charge on any atom is -0.469 e. The highest BCUT2D eigenvalue weighted by Gasteiger charge is 2.12. The lowest BCUT2D eigenvalue weighted by Crippen LogP contribution is -2.11. The third-order valence-electron chi connectivity index (χ3n) is 3.53. The van der Waals surface area contributed by atoms with Crippen LogP contribution in [0.5, 0.6) is 0 Å². The highest BCUT2D eigenvalue weighted by atomic mass is 16.5. The van der Waals surface area contributed by atoms with Crippen molar-refractivity contribution in [1.82, 2.24) is 0 Å². The second-order valence-electron chi connectivity index (χ2n) is 5.29. The van der Waals surface area contributed by atoms with Gasteiger partial charge in [0.25, 0.3) is 0 Å². The predicted octanol–water partition coefficient (Wildman–Crippen LogP) is 4.29. The third-order valence-corrected chi connectivity index (χ3v) is 3.53. The molecular formula is C16H30O3. The van der Waals surface area contributed by atoms with E-state index < -0.39 is 0 Å². The summed E-state index contributed by atoms with van der Waals surface area (Å²) in [4.78, 5) is 21.9. The summed E-state index contributed by atoms with van der Waals surface area (Å²) in [7, 11) is 1.36. The Morgan fingerprint density at radius 3 is 2.00 bits per heavy atom. The van der Waals surface area contributed by atoms with Crippen LogP contribution >= 0.6 is 0 Å². The van der Waals surface area contributed by atoms with Crippen molar-refractivity contribution in [2.45, 2.75) is 77.6 Å². The highest BCUT2D eigenvalue weighted by molar-refractivity contribution is 5.73. The van der Waals surface area contributed by atoms with Gasteiger partial charge in [-0.1, -0.05) is 64.7 Å². The van der Waals surface area contributed by atoms with Crippen LogP contribution in [-0.2, 0) is 14.3 Å². The van der Waals surface area contributed by atoms with E-state index in [9.17, 15) is 9.59 Å². The summed E-state index contributed by atoms with van der Waals surface area (Å²) < 4.78 is 4.58.